The van der Waals surface area contributed by atoms with E-state index < -0.39 is 5.97 Å². The minimum atomic E-state index is -0.439. The number of fused-ring (bicyclic) bond motifs is 1. The van der Waals surface area contributed by atoms with E-state index in [9.17, 15) is 9.59 Å². The van der Waals surface area contributed by atoms with Crippen molar-refractivity contribution in [2.75, 3.05) is 20.3 Å². The van der Waals surface area contributed by atoms with Gasteiger partial charge in [0.05, 0.1) is 25.7 Å². The van der Waals surface area contributed by atoms with Crippen LogP contribution in [0.4, 0.5) is 0 Å². The van der Waals surface area contributed by atoms with Crippen molar-refractivity contribution < 1.29 is 19.0 Å². The van der Waals surface area contributed by atoms with Crippen LogP contribution < -0.4 is 15.0 Å². The van der Waals surface area contributed by atoms with E-state index in [1.165, 1.54) is 0 Å². The van der Waals surface area contributed by atoms with Gasteiger partial charge in [-0.1, -0.05) is 12.1 Å². The van der Waals surface area contributed by atoms with E-state index >= 15 is 0 Å². The summed E-state index contributed by atoms with van der Waals surface area (Å²) in [4.78, 5) is 32.8. The number of esters is 1. The first-order valence-corrected chi connectivity index (χ1v) is 9.99. The summed E-state index contributed by atoms with van der Waals surface area (Å²) in [6, 6.07) is 5.55. The van der Waals surface area contributed by atoms with E-state index in [0.717, 1.165) is 16.9 Å². The van der Waals surface area contributed by atoms with E-state index in [4.69, 9.17) is 14.2 Å². The first kappa shape index (κ1) is 20.6. The van der Waals surface area contributed by atoms with E-state index in [2.05, 4.69) is 9.97 Å². The largest absolute Gasteiger partial charge is 0.493 e. The number of methoxy groups -OCH3 is 1. The van der Waals surface area contributed by atoms with Gasteiger partial charge in [0.15, 0.2) is 11.5 Å². The van der Waals surface area contributed by atoms with Crippen LogP contribution in [0.5, 0.6) is 11.5 Å². The van der Waals surface area contributed by atoms with Crippen LogP contribution in [0.2, 0.25) is 0 Å². The predicted molar refractivity (Wildman–Crippen MR) is 114 cm³/mol. The number of thiophene rings is 1. The first-order valence-electron chi connectivity index (χ1n) is 9.17. The summed E-state index contributed by atoms with van der Waals surface area (Å²) in [6.07, 6.45) is 3.52. The fraction of sp³-hybridized carbons (Fsp3) is 0.286. The molecule has 0 aliphatic carbocycles. The second-order valence-electron chi connectivity index (χ2n) is 6.08. The van der Waals surface area contributed by atoms with Crippen molar-refractivity contribution in [2.45, 2.75) is 20.8 Å². The maximum Gasteiger partial charge on any atom is 0.348 e. The number of benzene rings is 1. The molecular formula is C21H22N2O5S. The number of aromatic amines is 1. The molecule has 0 bridgehead atoms. The normalized spacial score (nSPS) is 11.2. The maximum atomic E-state index is 12.5. The Morgan fingerprint density at radius 3 is 2.69 bits per heavy atom. The molecule has 0 aliphatic heterocycles. The molecule has 7 nitrogen and oxygen atoms in total. The third-order valence-electron chi connectivity index (χ3n) is 4.20. The Bertz CT molecular complexity index is 1130. The molecule has 0 atom stereocenters. The number of nitrogens with zero attached hydrogens (tertiary/aromatic N) is 1. The van der Waals surface area contributed by atoms with Crippen molar-refractivity contribution in [3.05, 3.63) is 50.4 Å². The average molecular weight is 414 g/mol. The van der Waals surface area contributed by atoms with E-state index in [-0.39, 0.29) is 12.2 Å². The molecule has 1 N–H and O–H groups in total. The van der Waals surface area contributed by atoms with Gasteiger partial charge in [-0.25, -0.2) is 9.78 Å². The summed E-state index contributed by atoms with van der Waals surface area (Å²) in [6.45, 7) is 6.17. The zero-order valence-electron chi connectivity index (χ0n) is 16.7. The minimum absolute atomic E-state index is 0.274. The Kier molecular flexibility index (Phi) is 6.33. The van der Waals surface area contributed by atoms with Gasteiger partial charge in [0.1, 0.15) is 15.5 Å². The topological polar surface area (TPSA) is 90.5 Å². The molecule has 0 radical (unpaired) electrons. The summed E-state index contributed by atoms with van der Waals surface area (Å²) >= 11 is 1.16. The molecule has 0 amide bonds. The number of rotatable bonds is 7. The fourth-order valence-corrected chi connectivity index (χ4v) is 3.95. The lowest BCUT2D eigenvalue weighted by molar-refractivity contribution is 0.0531. The molecule has 152 valence electrons. The highest BCUT2D eigenvalue weighted by Crippen LogP contribution is 2.29. The quantitative estimate of drug-likeness (QED) is 0.587. The van der Waals surface area contributed by atoms with Crippen LogP contribution in [0, 0.1) is 6.92 Å². The molecule has 0 spiro atoms. The summed E-state index contributed by atoms with van der Waals surface area (Å²) in [7, 11) is 1.59. The van der Waals surface area contributed by atoms with Gasteiger partial charge in [-0.2, -0.15) is 0 Å². The Balaban J connectivity index is 1.96. The number of nitrogens with one attached hydrogen (secondary N) is 1. The van der Waals surface area contributed by atoms with Crippen LogP contribution in [0.15, 0.2) is 23.0 Å². The summed E-state index contributed by atoms with van der Waals surface area (Å²) in [5.74, 6) is 1.25. The highest BCUT2D eigenvalue weighted by Gasteiger charge is 2.19. The molecule has 2 heterocycles. The molecular weight excluding hydrogens is 392 g/mol. The summed E-state index contributed by atoms with van der Waals surface area (Å²) in [5, 5.41) is 0.415. The third-order valence-corrected chi connectivity index (χ3v) is 5.37. The predicted octanol–water partition coefficient (Wildman–Crippen LogP) is 4.05. The van der Waals surface area contributed by atoms with E-state index in [1.54, 1.807) is 27.0 Å². The number of aryl methyl sites for hydroxylation is 1. The molecule has 0 saturated carbocycles. The Labute approximate surface area is 172 Å². The van der Waals surface area contributed by atoms with Gasteiger partial charge >= 0.3 is 5.97 Å². The van der Waals surface area contributed by atoms with Crippen molar-refractivity contribution in [3.8, 4) is 11.5 Å². The van der Waals surface area contributed by atoms with Crippen LogP contribution in [0.3, 0.4) is 0 Å². The SMILES string of the molecule is CCOC(=O)c1sc2nc(/C=C/c3ccc(OC)c(OCC)c3)[nH]c(=O)c2c1C. The molecule has 3 rings (SSSR count). The number of H-pyrrole nitrogens is 1. The van der Waals surface area contributed by atoms with E-state index in [1.807, 2.05) is 31.2 Å². The average Bonchev–Trinajstić information content (AvgIpc) is 3.04. The second-order valence-corrected chi connectivity index (χ2v) is 7.08. The van der Waals surface area contributed by atoms with Gasteiger partial charge < -0.3 is 19.2 Å². The van der Waals surface area contributed by atoms with Gasteiger partial charge in [0, 0.05) is 0 Å². The Morgan fingerprint density at radius 2 is 2.00 bits per heavy atom. The van der Waals surface area contributed by atoms with E-state index in [0.29, 0.717) is 44.6 Å². The smallest absolute Gasteiger partial charge is 0.348 e. The highest BCUT2D eigenvalue weighted by molar-refractivity contribution is 7.20. The minimum Gasteiger partial charge on any atom is -0.493 e. The molecule has 29 heavy (non-hydrogen) atoms. The highest BCUT2D eigenvalue weighted by atomic mass is 32.1. The van der Waals surface area contributed by atoms with Crippen LogP contribution in [-0.2, 0) is 4.74 Å². The number of hydrogen-bond donors (Lipinski definition) is 1. The van der Waals surface area contributed by atoms with Crippen molar-refractivity contribution in [1.29, 1.82) is 0 Å². The number of hydrogen-bond acceptors (Lipinski definition) is 7. The van der Waals surface area contributed by atoms with Gasteiger partial charge in [-0.3, -0.25) is 4.79 Å². The lowest BCUT2D eigenvalue weighted by Crippen LogP contribution is -2.10. The Morgan fingerprint density at radius 1 is 1.21 bits per heavy atom. The fourth-order valence-electron chi connectivity index (χ4n) is 2.87. The first-order chi connectivity index (χ1) is 14.0. The standard InChI is InChI=1S/C21H22N2O5S/c1-5-27-15-11-13(7-9-14(15)26-4)8-10-16-22-19(24)17-12(3)18(21(25)28-6-2)29-20(17)23-16/h7-11H,5-6H2,1-4H3,(H,22,23,24)/b10-8+. The van der Waals surface area contributed by atoms with Crippen LogP contribution in [0.25, 0.3) is 22.4 Å². The van der Waals surface area contributed by atoms with Gasteiger partial charge in [-0.05, 0) is 50.1 Å². The van der Waals surface area contributed by atoms with Crippen molar-refractivity contribution in [3.63, 3.8) is 0 Å². The van der Waals surface area contributed by atoms with Gasteiger partial charge in [-0.15, -0.1) is 11.3 Å². The molecule has 0 unspecified atom stereocenters. The maximum absolute atomic E-state index is 12.5. The molecule has 2 aromatic heterocycles. The van der Waals surface area contributed by atoms with Crippen molar-refractivity contribution in [2.24, 2.45) is 0 Å². The van der Waals surface area contributed by atoms with Crippen LogP contribution >= 0.6 is 11.3 Å². The monoisotopic (exact) mass is 414 g/mol. The molecule has 0 aliphatic rings. The molecule has 0 saturated heterocycles. The number of carbonyl (C=O) groups excluding carboxylic acids is 1. The summed E-state index contributed by atoms with van der Waals surface area (Å²) in [5.41, 5.74) is 1.17. The number of ether oxygens (including phenoxy) is 3. The molecule has 3 aromatic rings. The lowest BCUT2D eigenvalue weighted by atomic mass is 10.2. The van der Waals surface area contributed by atoms with Crippen molar-refractivity contribution >= 4 is 39.7 Å². The second kappa shape index (κ2) is 8.91. The van der Waals surface area contributed by atoms with Crippen LogP contribution in [0.1, 0.15) is 40.5 Å². The lowest BCUT2D eigenvalue weighted by Gasteiger charge is -2.09. The molecule has 1 aromatic carbocycles. The Hall–Kier alpha value is -3.13. The van der Waals surface area contributed by atoms with Crippen LogP contribution in [-0.4, -0.2) is 36.3 Å². The molecule has 8 heteroatoms. The van der Waals surface area contributed by atoms with Gasteiger partial charge in [0.25, 0.3) is 5.56 Å². The zero-order valence-corrected chi connectivity index (χ0v) is 17.5. The van der Waals surface area contributed by atoms with Crippen molar-refractivity contribution in [1.82, 2.24) is 9.97 Å². The summed E-state index contributed by atoms with van der Waals surface area (Å²) < 4.78 is 15.9. The number of aromatic nitrogens is 2. The third kappa shape index (κ3) is 4.32. The molecule has 0 fully saturated rings. The number of carbonyl (C=O) groups is 1. The zero-order chi connectivity index (χ0) is 21.0. The van der Waals surface area contributed by atoms with Gasteiger partial charge in [0.2, 0.25) is 0 Å².